The maximum absolute atomic E-state index is 14.0. The Balaban J connectivity index is 2.84. The summed E-state index contributed by atoms with van der Waals surface area (Å²) >= 11 is 8.29. The number of imidazole rings is 1. The molecule has 2 rings (SSSR count). The van der Waals surface area contributed by atoms with Crippen LogP contribution in [0.1, 0.15) is 51.7 Å². The van der Waals surface area contributed by atoms with E-state index in [1.54, 1.807) is 12.1 Å². The van der Waals surface area contributed by atoms with Crippen molar-refractivity contribution >= 4 is 45.2 Å². The van der Waals surface area contributed by atoms with E-state index in [4.69, 9.17) is 11.6 Å². The molecule has 2 nitrogen and oxygen atoms in total. The summed E-state index contributed by atoms with van der Waals surface area (Å²) < 4.78 is 16.7. The van der Waals surface area contributed by atoms with Crippen molar-refractivity contribution < 1.29 is 4.39 Å². The SMILES string of the molecule is CCC(C)(CC)n1c(C(C)Cl)nc2cc(I)c(F)cc21. The molecule has 1 atom stereocenters. The average Bonchev–Trinajstić information content (AvgIpc) is 2.77. The highest BCUT2D eigenvalue weighted by atomic mass is 127. The summed E-state index contributed by atoms with van der Waals surface area (Å²) in [7, 11) is 0. The van der Waals surface area contributed by atoms with E-state index in [-0.39, 0.29) is 16.7 Å². The van der Waals surface area contributed by atoms with Crippen molar-refractivity contribution in [1.29, 1.82) is 0 Å². The summed E-state index contributed by atoms with van der Waals surface area (Å²) in [5.41, 5.74) is 1.54. The van der Waals surface area contributed by atoms with Crippen LogP contribution in [0.15, 0.2) is 12.1 Å². The normalized spacial score (nSPS) is 13.9. The van der Waals surface area contributed by atoms with Crippen molar-refractivity contribution in [2.75, 3.05) is 0 Å². The molecule has 1 heterocycles. The summed E-state index contributed by atoms with van der Waals surface area (Å²) in [6, 6.07) is 3.37. The van der Waals surface area contributed by atoms with E-state index in [1.807, 2.05) is 29.5 Å². The van der Waals surface area contributed by atoms with Crippen LogP contribution in [-0.2, 0) is 5.54 Å². The molecule has 0 bridgehead atoms. The van der Waals surface area contributed by atoms with Gasteiger partial charge in [0.2, 0.25) is 0 Å². The van der Waals surface area contributed by atoms with Gasteiger partial charge in [0.15, 0.2) is 0 Å². The first-order valence-corrected chi connectivity index (χ1v) is 8.37. The standard InChI is InChI=1S/C15H19ClFIN2/c1-5-15(4,6-2)20-13-7-10(17)11(18)8-12(13)19-14(20)9(3)16/h7-9H,5-6H2,1-4H3. The van der Waals surface area contributed by atoms with Gasteiger partial charge < -0.3 is 4.57 Å². The molecule has 1 aromatic carbocycles. The van der Waals surface area contributed by atoms with Crippen LogP contribution in [0.4, 0.5) is 4.39 Å². The molecule has 0 N–H and O–H groups in total. The molecule has 1 aromatic heterocycles. The Morgan fingerprint density at radius 2 is 2.00 bits per heavy atom. The van der Waals surface area contributed by atoms with Crippen LogP contribution in [0.5, 0.6) is 0 Å². The van der Waals surface area contributed by atoms with Gasteiger partial charge in [-0.3, -0.25) is 0 Å². The zero-order chi connectivity index (χ0) is 15.1. The number of benzene rings is 1. The highest BCUT2D eigenvalue weighted by Gasteiger charge is 2.29. The molecular weight excluding hydrogens is 390 g/mol. The fourth-order valence-corrected chi connectivity index (χ4v) is 3.09. The summed E-state index contributed by atoms with van der Waals surface area (Å²) in [5.74, 6) is 0.608. The molecule has 0 aliphatic heterocycles. The Kier molecular flexibility index (Phi) is 4.64. The summed E-state index contributed by atoms with van der Waals surface area (Å²) in [4.78, 5) is 4.64. The van der Waals surface area contributed by atoms with Gasteiger partial charge in [0.1, 0.15) is 11.6 Å². The van der Waals surface area contributed by atoms with E-state index >= 15 is 0 Å². The van der Waals surface area contributed by atoms with Gasteiger partial charge in [0.25, 0.3) is 0 Å². The van der Waals surface area contributed by atoms with E-state index < -0.39 is 0 Å². The second-order valence-electron chi connectivity index (χ2n) is 5.38. The molecule has 0 saturated heterocycles. The third kappa shape index (κ3) is 2.56. The van der Waals surface area contributed by atoms with Crippen molar-refractivity contribution in [2.45, 2.75) is 51.5 Å². The predicted molar refractivity (Wildman–Crippen MR) is 90.9 cm³/mol. The van der Waals surface area contributed by atoms with Crippen LogP contribution < -0.4 is 0 Å². The molecule has 0 saturated carbocycles. The fourth-order valence-electron chi connectivity index (χ4n) is 2.49. The first kappa shape index (κ1) is 16.0. The maximum atomic E-state index is 14.0. The van der Waals surface area contributed by atoms with E-state index in [0.29, 0.717) is 3.57 Å². The van der Waals surface area contributed by atoms with Gasteiger partial charge in [0.05, 0.1) is 20.0 Å². The fraction of sp³-hybridized carbons (Fsp3) is 0.533. The first-order chi connectivity index (χ1) is 9.34. The van der Waals surface area contributed by atoms with Gasteiger partial charge in [-0.25, -0.2) is 9.37 Å². The Labute approximate surface area is 137 Å². The number of halogens is 3. The van der Waals surface area contributed by atoms with Crippen molar-refractivity contribution in [3.05, 3.63) is 27.3 Å². The minimum absolute atomic E-state index is 0.105. The topological polar surface area (TPSA) is 17.8 Å². The quantitative estimate of drug-likeness (QED) is 0.474. The maximum Gasteiger partial charge on any atom is 0.138 e. The predicted octanol–water partition coefficient (Wildman–Crippen LogP) is 5.62. The minimum Gasteiger partial charge on any atom is -0.321 e. The largest absolute Gasteiger partial charge is 0.321 e. The van der Waals surface area contributed by atoms with Gasteiger partial charge >= 0.3 is 0 Å². The average molecular weight is 409 g/mol. The third-order valence-electron chi connectivity index (χ3n) is 4.14. The van der Waals surface area contributed by atoms with E-state index in [9.17, 15) is 4.39 Å². The summed E-state index contributed by atoms with van der Waals surface area (Å²) in [5, 5.41) is -0.208. The number of aromatic nitrogens is 2. The Hall–Kier alpha value is -0.360. The molecule has 110 valence electrons. The van der Waals surface area contributed by atoms with E-state index in [1.165, 1.54) is 0 Å². The van der Waals surface area contributed by atoms with Crippen molar-refractivity contribution in [3.63, 3.8) is 0 Å². The number of fused-ring (bicyclic) bond motifs is 1. The molecule has 0 radical (unpaired) electrons. The number of hydrogen-bond donors (Lipinski definition) is 0. The van der Waals surface area contributed by atoms with Gasteiger partial charge in [-0.15, -0.1) is 11.6 Å². The van der Waals surface area contributed by atoms with Gasteiger partial charge in [-0.1, -0.05) is 13.8 Å². The van der Waals surface area contributed by atoms with Crippen molar-refractivity contribution in [3.8, 4) is 0 Å². The number of hydrogen-bond acceptors (Lipinski definition) is 1. The monoisotopic (exact) mass is 408 g/mol. The Morgan fingerprint density at radius 1 is 1.40 bits per heavy atom. The lowest BCUT2D eigenvalue weighted by molar-refractivity contribution is 0.293. The number of rotatable bonds is 4. The molecular formula is C15H19ClFIN2. The van der Waals surface area contributed by atoms with Gasteiger partial charge in [-0.2, -0.15) is 0 Å². The molecule has 0 spiro atoms. The molecule has 20 heavy (non-hydrogen) atoms. The molecule has 0 amide bonds. The zero-order valence-electron chi connectivity index (χ0n) is 12.2. The summed E-state index contributed by atoms with van der Waals surface area (Å²) in [6.45, 7) is 8.36. The molecule has 0 fully saturated rings. The third-order valence-corrected chi connectivity index (χ3v) is 5.16. The Bertz CT molecular complexity index is 632. The van der Waals surface area contributed by atoms with Crippen LogP contribution >= 0.6 is 34.2 Å². The Morgan fingerprint density at radius 3 is 2.50 bits per heavy atom. The number of alkyl halides is 1. The molecule has 2 aromatic rings. The van der Waals surface area contributed by atoms with Crippen LogP contribution in [0.3, 0.4) is 0 Å². The molecule has 1 unspecified atom stereocenters. The van der Waals surface area contributed by atoms with Crippen LogP contribution in [0.25, 0.3) is 11.0 Å². The lowest BCUT2D eigenvalue weighted by atomic mass is 9.94. The van der Waals surface area contributed by atoms with E-state index in [0.717, 1.165) is 29.7 Å². The zero-order valence-corrected chi connectivity index (χ0v) is 15.1. The molecule has 0 aliphatic rings. The molecule has 0 aliphatic carbocycles. The summed E-state index contributed by atoms with van der Waals surface area (Å²) in [6.07, 6.45) is 1.89. The van der Waals surface area contributed by atoms with Crippen molar-refractivity contribution in [1.82, 2.24) is 9.55 Å². The minimum atomic E-state index is -0.208. The van der Waals surface area contributed by atoms with Crippen molar-refractivity contribution in [2.24, 2.45) is 0 Å². The van der Waals surface area contributed by atoms with Gasteiger partial charge in [0, 0.05) is 11.6 Å². The lowest BCUT2D eigenvalue weighted by Crippen LogP contribution is -2.30. The van der Waals surface area contributed by atoms with Crippen LogP contribution in [-0.4, -0.2) is 9.55 Å². The van der Waals surface area contributed by atoms with Crippen LogP contribution in [0, 0.1) is 9.39 Å². The highest BCUT2D eigenvalue weighted by Crippen LogP contribution is 2.35. The lowest BCUT2D eigenvalue weighted by Gasteiger charge is -2.32. The molecule has 5 heteroatoms. The highest BCUT2D eigenvalue weighted by molar-refractivity contribution is 14.1. The van der Waals surface area contributed by atoms with Crippen LogP contribution in [0.2, 0.25) is 0 Å². The smallest absolute Gasteiger partial charge is 0.138 e. The first-order valence-electron chi connectivity index (χ1n) is 6.86. The second kappa shape index (κ2) is 5.79. The van der Waals surface area contributed by atoms with E-state index in [2.05, 4.69) is 30.3 Å². The van der Waals surface area contributed by atoms with Gasteiger partial charge in [-0.05, 0) is 55.3 Å². The second-order valence-corrected chi connectivity index (χ2v) is 7.20. The number of nitrogens with zero attached hydrogens (tertiary/aromatic N) is 2.